The smallest absolute Gasteiger partial charge is 0.262 e. The van der Waals surface area contributed by atoms with E-state index in [0.29, 0.717) is 38.2 Å². The summed E-state index contributed by atoms with van der Waals surface area (Å²) in [7, 11) is 0. The summed E-state index contributed by atoms with van der Waals surface area (Å²) < 4.78 is 17.0. The summed E-state index contributed by atoms with van der Waals surface area (Å²) in [6.07, 6.45) is 1.26. The standard InChI is InChI=1S/C29H19Cl2NO5/c30-20-12-21(31)14-22(13-20)32-28(33)17-35-24-10-11-25-26(15-24)36-16-27(29(25)34)37-23-8-6-19(7-9-23)18-4-2-1-3-5-18/h1-16H,17H2,(H,32,33). The van der Waals surface area contributed by atoms with Crippen molar-refractivity contribution in [3.05, 3.63) is 118 Å². The van der Waals surface area contributed by atoms with Gasteiger partial charge in [-0.25, -0.2) is 0 Å². The number of benzene rings is 4. The van der Waals surface area contributed by atoms with E-state index in [4.69, 9.17) is 37.1 Å². The van der Waals surface area contributed by atoms with Crippen molar-refractivity contribution in [1.82, 2.24) is 0 Å². The Labute approximate surface area is 222 Å². The Morgan fingerprint density at radius 1 is 0.811 bits per heavy atom. The number of amides is 1. The van der Waals surface area contributed by atoms with Crippen LogP contribution in [0.25, 0.3) is 22.1 Å². The third-order valence-electron chi connectivity index (χ3n) is 5.42. The molecule has 184 valence electrons. The Bertz CT molecular complexity index is 1610. The third kappa shape index (κ3) is 5.94. The Hall–Kier alpha value is -4.26. The van der Waals surface area contributed by atoms with Crippen molar-refractivity contribution < 1.29 is 18.7 Å². The lowest BCUT2D eigenvalue weighted by molar-refractivity contribution is -0.118. The third-order valence-corrected chi connectivity index (χ3v) is 5.86. The summed E-state index contributed by atoms with van der Waals surface area (Å²) in [6, 6.07) is 26.8. The fraction of sp³-hybridized carbons (Fsp3) is 0.0345. The molecule has 1 amide bonds. The number of anilines is 1. The maximum Gasteiger partial charge on any atom is 0.262 e. The molecule has 1 N–H and O–H groups in total. The second kappa shape index (κ2) is 10.8. The number of hydrogen-bond acceptors (Lipinski definition) is 5. The van der Waals surface area contributed by atoms with E-state index in [9.17, 15) is 9.59 Å². The lowest BCUT2D eigenvalue weighted by Crippen LogP contribution is -2.20. The molecule has 4 aromatic carbocycles. The van der Waals surface area contributed by atoms with Crippen LogP contribution in [0.5, 0.6) is 17.2 Å². The first-order valence-electron chi connectivity index (χ1n) is 11.2. The van der Waals surface area contributed by atoms with Gasteiger partial charge in [0.05, 0.1) is 5.39 Å². The lowest BCUT2D eigenvalue weighted by Gasteiger charge is -2.09. The fourth-order valence-electron chi connectivity index (χ4n) is 3.70. The number of fused-ring (bicyclic) bond motifs is 1. The van der Waals surface area contributed by atoms with Crippen LogP contribution in [0.1, 0.15) is 0 Å². The normalized spacial score (nSPS) is 10.8. The number of ether oxygens (including phenoxy) is 2. The maximum absolute atomic E-state index is 12.9. The topological polar surface area (TPSA) is 77.8 Å². The SMILES string of the molecule is O=C(COc1ccc2c(=O)c(Oc3ccc(-c4ccccc4)cc3)coc2c1)Nc1cc(Cl)cc(Cl)c1. The van der Waals surface area contributed by atoms with Crippen molar-refractivity contribution in [1.29, 1.82) is 0 Å². The Morgan fingerprint density at radius 2 is 1.49 bits per heavy atom. The van der Waals surface area contributed by atoms with Crippen LogP contribution in [0.4, 0.5) is 5.69 Å². The van der Waals surface area contributed by atoms with Crippen molar-refractivity contribution in [3.8, 4) is 28.4 Å². The van der Waals surface area contributed by atoms with E-state index in [0.717, 1.165) is 11.1 Å². The van der Waals surface area contributed by atoms with Crippen LogP contribution in [-0.2, 0) is 4.79 Å². The molecule has 8 heteroatoms. The van der Waals surface area contributed by atoms with Crippen molar-refractivity contribution in [2.75, 3.05) is 11.9 Å². The molecule has 0 aliphatic carbocycles. The first-order valence-corrected chi connectivity index (χ1v) is 12.0. The predicted molar refractivity (Wildman–Crippen MR) is 145 cm³/mol. The average Bonchev–Trinajstić information content (AvgIpc) is 2.89. The van der Waals surface area contributed by atoms with Crippen molar-refractivity contribution >= 4 is 45.8 Å². The quantitative estimate of drug-likeness (QED) is 0.234. The number of carbonyl (C=O) groups is 1. The second-order valence-corrected chi connectivity index (χ2v) is 8.95. The van der Waals surface area contributed by atoms with E-state index in [2.05, 4.69) is 5.32 Å². The van der Waals surface area contributed by atoms with Crippen LogP contribution in [0.2, 0.25) is 10.0 Å². The molecule has 0 fully saturated rings. The molecule has 5 rings (SSSR count). The summed E-state index contributed by atoms with van der Waals surface area (Å²) in [6.45, 7) is -0.264. The van der Waals surface area contributed by atoms with Gasteiger partial charge in [0.25, 0.3) is 5.91 Å². The highest BCUT2D eigenvalue weighted by atomic mass is 35.5. The van der Waals surface area contributed by atoms with Crippen LogP contribution in [0.15, 0.2) is 106 Å². The zero-order chi connectivity index (χ0) is 25.8. The number of halogens is 2. The molecule has 0 saturated heterocycles. The van der Waals surface area contributed by atoms with E-state index >= 15 is 0 Å². The summed E-state index contributed by atoms with van der Waals surface area (Å²) in [4.78, 5) is 25.2. The summed E-state index contributed by atoms with van der Waals surface area (Å²) in [5.41, 5.74) is 2.56. The highest BCUT2D eigenvalue weighted by molar-refractivity contribution is 6.35. The van der Waals surface area contributed by atoms with E-state index in [1.54, 1.807) is 48.5 Å². The number of rotatable bonds is 7. The van der Waals surface area contributed by atoms with Gasteiger partial charge in [-0.1, -0.05) is 65.7 Å². The first kappa shape index (κ1) is 24.4. The van der Waals surface area contributed by atoms with Crippen LogP contribution in [0, 0.1) is 0 Å². The molecule has 37 heavy (non-hydrogen) atoms. The number of hydrogen-bond donors (Lipinski definition) is 1. The van der Waals surface area contributed by atoms with Gasteiger partial charge >= 0.3 is 0 Å². The minimum Gasteiger partial charge on any atom is -0.484 e. The Kier molecular flexibility index (Phi) is 7.12. The minimum atomic E-state index is -0.401. The van der Waals surface area contributed by atoms with Crippen molar-refractivity contribution in [2.24, 2.45) is 0 Å². The van der Waals surface area contributed by atoms with E-state index < -0.39 is 5.91 Å². The van der Waals surface area contributed by atoms with Crippen molar-refractivity contribution in [2.45, 2.75) is 0 Å². The molecular weight excluding hydrogens is 513 g/mol. The molecular formula is C29H19Cl2NO5. The number of carbonyl (C=O) groups excluding carboxylic acids is 1. The highest BCUT2D eigenvalue weighted by Gasteiger charge is 2.12. The molecule has 0 saturated carbocycles. The highest BCUT2D eigenvalue weighted by Crippen LogP contribution is 2.27. The molecule has 5 aromatic rings. The van der Waals surface area contributed by atoms with E-state index in [1.165, 1.54) is 6.26 Å². The Morgan fingerprint density at radius 3 is 2.22 bits per heavy atom. The van der Waals surface area contributed by atoms with Crippen LogP contribution < -0.4 is 20.2 Å². The van der Waals surface area contributed by atoms with Gasteiger partial charge in [0.15, 0.2) is 6.61 Å². The minimum absolute atomic E-state index is 0.0631. The molecule has 0 bridgehead atoms. The van der Waals surface area contributed by atoms with Gasteiger partial charge in [-0.2, -0.15) is 0 Å². The van der Waals surface area contributed by atoms with Gasteiger partial charge in [0, 0.05) is 21.8 Å². The zero-order valence-corrected chi connectivity index (χ0v) is 20.8. The van der Waals surface area contributed by atoms with Crippen molar-refractivity contribution in [3.63, 3.8) is 0 Å². The summed E-state index contributed by atoms with van der Waals surface area (Å²) in [5.74, 6) is 0.536. The van der Waals surface area contributed by atoms with E-state index in [-0.39, 0.29) is 17.8 Å². The molecule has 0 aliphatic rings. The summed E-state index contributed by atoms with van der Waals surface area (Å²) in [5, 5.41) is 3.79. The van der Waals surface area contributed by atoms with Gasteiger partial charge < -0.3 is 19.2 Å². The molecule has 0 unspecified atom stereocenters. The van der Waals surface area contributed by atoms with Gasteiger partial charge in [-0.05, 0) is 53.6 Å². The molecule has 0 aliphatic heterocycles. The van der Waals surface area contributed by atoms with Crippen LogP contribution >= 0.6 is 23.2 Å². The molecule has 0 spiro atoms. The molecule has 1 heterocycles. The van der Waals surface area contributed by atoms with Gasteiger partial charge in [-0.15, -0.1) is 0 Å². The summed E-state index contributed by atoms with van der Waals surface area (Å²) >= 11 is 11.9. The lowest BCUT2D eigenvalue weighted by atomic mass is 10.1. The van der Waals surface area contributed by atoms with Crippen LogP contribution in [0.3, 0.4) is 0 Å². The zero-order valence-electron chi connectivity index (χ0n) is 19.2. The molecule has 6 nitrogen and oxygen atoms in total. The monoisotopic (exact) mass is 531 g/mol. The fourth-order valence-corrected chi connectivity index (χ4v) is 4.22. The van der Waals surface area contributed by atoms with Gasteiger partial charge in [0.2, 0.25) is 11.2 Å². The van der Waals surface area contributed by atoms with E-state index in [1.807, 2.05) is 42.5 Å². The molecule has 0 atom stereocenters. The van der Waals surface area contributed by atoms with Crippen LogP contribution in [-0.4, -0.2) is 12.5 Å². The Balaban J connectivity index is 1.25. The second-order valence-electron chi connectivity index (χ2n) is 8.07. The largest absolute Gasteiger partial charge is 0.484 e. The maximum atomic E-state index is 12.9. The average molecular weight is 532 g/mol. The van der Waals surface area contributed by atoms with Gasteiger partial charge in [-0.3, -0.25) is 9.59 Å². The number of nitrogens with one attached hydrogen (secondary N) is 1. The van der Waals surface area contributed by atoms with Gasteiger partial charge in [0.1, 0.15) is 23.3 Å². The first-order chi connectivity index (χ1) is 17.9. The molecule has 0 radical (unpaired) electrons. The molecule has 1 aromatic heterocycles. The predicted octanol–water partition coefficient (Wildman–Crippen LogP) is 7.58.